The van der Waals surface area contributed by atoms with Crippen molar-refractivity contribution in [2.45, 2.75) is 0 Å². The van der Waals surface area contributed by atoms with Gasteiger partial charge in [-0.2, -0.15) is 0 Å². The van der Waals surface area contributed by atoms with Crippen molar-refractivity contribution < 1.29 is 4.39 Å². The van der Waals surface area contributed by atoms with Gasteiger partial charge >= 0.3 is 0 Å². The molecule has 2 aromatic rings. The second kappa shape index (κ2) is 2.90. The Morgan fingerprint density at radius 3 is 2.85 bits per heavy atom. The molecular formula is C9H8FN3. The Morgan fingerprint density at radius 1 is 1.38 bits per heavy atom. The summed E-state index contributed by atoms with van der Waals surface area (Å²) in [7, 11) is 0. The molecule has 0 aliphatic carbocycles. The summed E-state index contributed by atoms with van der Waals surface area (Å²) in [6.45, 7) is 0. The third-order valence-corrected chi connectivity index (χ3v) is 1.78. The van der Waals surface area contributed by atoms with Crippen LogP contribution in [-0.4, -0.2) is 9.55 Å². The smallest absolute Gasteiger partial charge is 0.149 e. The fourth-order valence-corrected chi connectivity index (χ4v) is 1.20. The molecule has 0 aliphatic rings. The normalized spacial score (nSPS) is 10.2. The second-order valence-corrected chi connectivity index (χ2v) is 2.65. The lowest BCUT2D eigenvalue weighted by molar-refractivity contribution is 0.619. The molecule has 0 saturated carbocycles. The van der Waals surface area contributed by atoms with E-state index < -0.39 is 0 Å². The Kier molecular flexibility index (Phi) is 1.73. The molecule has 0 fully saturated rings. The van der Waals surface area contributed by atoms with E-state index in [4.69, 9.17) is 5.73 Å². The first-order chi connectivity index (χ1) is 6.29. The Balaban J connectivity index is 2.64. The molecule has 1 aromatic carbocycles. The molecular weight excluding hydrogens is 169 g/mol. The van der Waals surface area contributed by atoms with Gasteiger partial charge in [0.1, 0.15) is 11.5 Å². The van der Waals surface area contributed by atoms with E-state index in [1.54, 1.807) is 29.1 Å². The van der Waals surface area contributed by atoms with Crippen LogP contribution < -0.4 is 5.73 Å². The van der Waals surface area contributed by atoms with Crippen LogP contribution in [0.2, 0.25) is 0 Å². The lowest BCUT2D eigenvalue weighted by atomic mass is 10.2. The quantitative estimate of drug-likeness (QED) is 0.672. The first-order valence-electron chi connectivity index (χ1n) is 3.81. The first-order valence-corrected chi connectivity index (χ1v) is 3.81. The standard InChI is InChI=1S/C9H8FN3/c10-7-2-1-3-8(11)9(7)13-5-4-12-6-13/h1-6H,11H2. The summed E-state index contributed by atoms with van der Waals surface area (Å²) in [5.74, 6) is -0.349. The van der Waals surface area contributed by atoms with Gasteiger partial charge in [-0.25, -0.2) is 9.37 Å². The van der Waals surface area contributed by atoms with Gasteiger partial charge < -0.3 is 10.3 Å². The SMILES string of the molecule is Nc1cccc(F)c1-n1ccnc1. The number of halogens is 1. The first kappa shape index (κ1) is 7.79. The minimum atomic E-state index is -0.349. The zero-order valence-electron chi connectivity index (χ0n) is 6.81. The summed E-state index contributed by atoms with van der Waals surface area (Å²) in [6, 6.07) is 4.59. The van der Waals surface area contributed by atoms with Crippen molar-refractivity contribution in [1.29, 1.82) is 0 Å². The molecule has 0 spiro atoms. The number of nitrogens with zero attached hydrogens (tertiary/aromatic N) is 2. The molecule has 0 unspecified atom stereocenters. The summed E-state index contributed by atoms with van der Waals surface area (Å²) >= 11 is 0. The van der Waals surface area contributed by atoms with E-state index in [2.05, 4.69) is 4.98 Å². The highest BCUT2D eigenvalue weighted by atomic mass is 19.1. The van der Waals surface area contributed by atoms with E-state index in [0.717, 1.165) is 0 Å². The average Bonchev–Trinajstić information content (AvgIpc) is 2.57. The number of rotatable bonds is 1. The molecule has 0 bridgehead atoms. The van der Waals surface area contributed by atoms with E-state index in [9.17, 15) is 4.39 Å². The summed E-state index contributed by atoms with van der Waals surface area (Å²) in [5.41, 5.74) is 6.37. The molecule has 4 heteroatoms. The van der Waals surface area contributed by atoms with Gasteiger partial charge in [-0.1, -0.05) is 6.07 Å². The zero-order valence-corrected chi connectivity index (χ0v) is 6.81. The summed E-state index contributed by atoms with van der Waals surface area (Å²) in [6.07, 6.45) is 4.73. The molecule has 2 N–H and O–H groups in total. The molecule has 1 heterocycles. The van der Waals surface area contributed by atoms with E-state index in [1.165, 1.54) is 12.4 Å². The van der Waals surface area contributed by atoms with Gasteiger partial charge in [0.25, 0.3) is 0 Å². The molecule has 3 nitrogen and oxygen atoms in total. The van der Waals surface area contributed by atoms with Gasteiger partial charge in [0.2, 0.25) is 0 Å². The summed E-state index contributed by atoms with van der Waals surface area (Å²) in [5, 5.41) is 0. The highest BCUT2D eigenvalue weighted by Gasteiger charge is 2.06. The number of nitrogen functional groups attached to an aromatic ring is 1. The molecule has 0 saturated heterocycles. The van der Waals surface area contributed by atoms with Crippen LogP contribution in [-0.2, 0) is 0 Å². The van der Waals surface area contributed by atoms with Crippen molar-refractivity contribution >= 4 is 5.69 Å². The van der Waals surface area contributed by atoms with E-state index in [1.807, 2.05) is 0 Å². The summed E-state index contributed by atoms with van der Waals surface area (Å²) in [4.78, 5) is 3.82. The predicted molar refractivity (Wildman–Crippen MR) is 47.9 cm³/mol. The molecule has 0 radical (unpaired) electrons. The average molecular weight is 177 g/mol. The van der Waals surface area contributed by atoms with Crippen molar-refractivity contribution in [3.63, 3.8) is 0 Å². The molecule has 0 amide bonds. The number of para-hydroxylation sites is 1. The number of hydrogen-bond acceptors (Lipinski definition) is 2. The Hall–Kier alpha value is -1.84. The van der Waals surface area contributed by atoms with E-state index in [0.29, 0.717) is 11.4 Å². The minimum Gasteiger partial charge on any atom is -0.397 e. The van der Waals surface area contributed by atoms with Crippen LogP contribution in [0.5, 0.6) is 0 Å². The lowest BCUT2D eigenvalue weighted by Gasteiger charge is -2.06. The third kappa shape index (κ3) is 1.26. The monoisotopic (exact) mass is 177 g/mol. The van der Waals surface area contributed by atoms with Gasteiger partial charge in [0.15, 0.2) is 0 Å². The number of nitrogens with two attached hydrogens (primary N) is 1. The zero-order chi connectivity index (χ0) is 9.26. The summed E-state index contributed by atoms with van der Waals surface area (Å²) < 4.78 is 14.8. The van der Waals surface area contributed by atoms with Crippen LogP contribution in [0.1, 0.15) is 0 Å². The number of aromatic nitrogens is 2. The number of anilines is 1. The Labute approximate surface area is 74.6 Å². The van der Waals surface area contributed by atoms with Gasteiger partial charge in [0, 0.05) is 12.4 Å². The van der Waals surface area contributed by atoms with Gasteiger partial charge in [0.05, 0.1) is 12.0 Å². The number of benzene rings is 1. The molecule has 13 heavy (non-hydrogen) atoms. The maximum Gasteiger partial charge on any atom is 0.149 e. The predicted octanol–water partition coefficient (Wildman–Crippen LogP) is 1.59. The molecule has 0 atom stereocenters. The van der Waals surface area contributed by atoms with Gasteiger partial charge in [-0.15, -0.1) is 0 Å². The van der Waals surface area contributed by atoms with Crippen molar-refractivity contribution in [2.75, 3.05) is 5.73 Å². The van der Waals surface area contributed by atoms with Crippen LogP contribution in [0.4, 0.5) is 10.1 Å². The molecule has 66 valence electrons. The van der Waals surface area contributed by atoms with E-state index >= 15 is 0 Å². The van der Waals surface area contributed by atoms with Gasteiger partial charge in [-0.05, 0) is 12.1 Å². The molecule has 2 rings (SSSR count). The van der Waals surface area contributed by atoms with Crippen molar-refractivity contribution in [1.82, 2.24) is 9.55 Å². The van der Waals surface area contributed by atoms with E-state index in [-0.39, 0.29) is 5.82 Å². The van der Waals surface area contributed by atoms with Gasteiger partial charge in [-0.3, -0.25) is 0 Å². The van der Waals surface area contributed by atoms with Crippen LogP contribution in [0.15, 0.2) is 36.9 Å². The van der Waals surface area contributed by atoms with Crippen LogP contribution in [0.25, 0.3) is 5.69 Å². The van der Waals surface area contributed by atoms with Crippen LogP contribution in [0, 0.1) is 5.82 Å². The molecule has 1 aromatic heterocycles. The maximum atomic E-state index is 13.3. The fraction of sp³-hybridized carbons (Fsp3) is 0. The largest absolute Gasteiger partial charge is 0.397 e. The highest BCUT2D eigenvalue weighted by Crippen LogP contribution is 2.19. The second-order valence-electron chi connectivity index (χ2n) is 2.65. The number of imidazole rings is 1. The Bertz CT molecular complexity index is 389. The third-order valence-electron chi connectivity index (χ3n) is 1.78. The van der Waals surface area contributed by atoms with Crippen LogP contribution in [0.3, 0.4) is 0 Å². The van der Waals surface area contributed by atoms with Crippen LogP contribution >= 0.6 is 0 Å². The van der Waals surface area contributed by atoms with Crippen molar-refractivity contribution in [3.05, 3.63) is 42.7 Å². The maximum absolute atomic E-state index is 13.3. The fourth-order valence-electron chi connectivity index (χ4n) is 1.20. The highest BCUT2D eigenvalue weighted by molar-refractivity contribution is 5.58. The molecule has 0 aliphatic heterocycles. The topological polar surface area (TPSA) is 43.8 Å². The Morgan fingerprint density at radius 2 is 2.23 bits per heavy atom. The number of hydrogen-bond donors (Lipinski definition) is 1. The lowest BCUT2D eigenvalue weighted by Crippen LogP contribution is -2.00. The minimum absolute atomic E-state index is 0.347. The van der Waals surface area contributed by atoms with Crippen molar-refractivity contribution in [2.24, 2.45) is 0 Å². The van der Waals surface area contributed by atoms with Crippen molar-refractivity contribution in [3.8, 4) is 5.69 Å².